The quantitative estimate of drug-likeness (QED) is 0.291. The van der Waals surface area contributed by atoms with Crippen LogP contribution in [0.5, 0.6) is 0 Å². The Bertz CT molecular complexity index is 961. The standard InChI is InChI=1S/C21H24Cl2N6O/c1-2-24-21(26-12-5-6-15-8-9-16(22)14-17(15)23)27-13-10-19-28-20(30-29-19)18-7-3-4-11-25-18/h3-4,7-9,11,14H,2,5-6,10,12-13H2,1H3,(H2,24,26,27). The number of aliphatic imine (C=N–C) groups is 1. The summed E-state index contributed by atoms with van der Waals surface area (Å²) < 4.78 is 5.28. The number of benzene rings is 1. The largest absolute Gasteiger partial charge is 0.357 e. The van der Waals surface area contributed by atoms with Gasteiger partial charge in [0.25, 0.3) is 5.89 Å². The molecule has 0 aliphatic carbocycles. The fourth-order valence-electron chi connectivity index (χ4n) is 2.77. The molecule has 0 aliphatic heterocycles. The lowest BCUT2D eigenvalue weighted by Crippen LogP contribution is -2.38. The minimum absolute atomic E-state index is 0.423. The first kappa shape index (κ1) is 22.1. The zero-order valence-corrected chi connectivity index (χ0v) is 18.2. The van der Waals surface area contributed by atoms with E-state index in [1.807, 2.05) is 37.3 Å². The third kappa shape index (κ3) is 6.71. The van der Waals surface area contributed by atoms with E-state index in [-0.39, 0.29) is 0 Å². The number of nitrogens with zero attached hydrogens (tertiary/aromatic N) is 4. The first-order valence-corrected chi connectivity index (χ1v) is 10.6. The van der Waals surface area contributed by atoms with Crippen LogP contribution in [-0.2, 0) is 12.8 Å². The summed E-state index contributed by atoms with van der Waals surface area (Å²) in [4.78, 5) is 13.2. The van der Waals surface area contributed by atoms with Crippen LogP contribution >= 0.6 is 23.2 Å². The molecular formula is C21H24Cl2N6O. The van der Waals surface area contributed by atoms with Gasteiger partial charge in [-0.3, -0.25) is 9.98 Å². The molecule has 0 saturated carbocycles. The number of pyridine rings is 1. The summed E-state index contributed by atoms with van der Waals surface area (Å²) in [5.74, 6) is 1.80. The molecular weight excluding hydrogens is 423 g/mol. The maximum atomic E-state index is 6.22. The van der Waals surface area contributed by atoms with Crippen LogP contribution in [0.1, 0.15) is 24.7 Å². The predicted octanol–water partition coefficient (Wildman–Crippen LogP) is 4.17. The molecule has 7 nitrogen and oxygen atoms in total. The molecule has 0 bridgehead atoms. The van der Waals surface area contributed by atoms with Crippen LogP contribution in [0.15, 0.2) is 52.1 Å². The SMILES string of the molecule is CCNC(=NCCCc1ccc(Cl)cc1Cl)NCCc1noc(-c2ccccn2)n1. The van der Waals surface area contributed by atoms with E-state index in [4.69, 9.17) is 27.7 Å². The molecule has 2 aromatic heterocycles. The number of rotatable bonds is 9. The second kappa shape index (κ2) is 11.5. The predicted molar refractivity (Wildman–Crippen MR) is 120 cm³/mol. The first-order chi connectivity index (χ1) is 14.7. The highest BCUT2D eigenvalue weighted by Gasteiger charge is 2.09. The number of aromatic nitrogens is 3. The van der Waals surface area contributed by atoms with Gasteiger partial charge in [0.2, 0.25) is 0 Å². The second-order valence-corrected chi connectivity index (χ2v) is 7.35. The van der Waals surface area contributed by atoms with Crippen molar-refractivity contribution >= 4 is 29.2 Å². The van der Waals surface area contributed by atoms with Crippen molar-refractivity contribution in [1.29, 1.82) is 0 Å². The summed E-state index contributed by atoms with van der Waals surface area (Å²) in [6, 6.07) is 11.1. The summed E-state index contributed by atoms with van der Waals surface area (Å²) >= 11 is 12.2. The number of guanidine groups is 1. The van der Waals surface area contributed by atoms with Gasteiger partial charge in [0.05, 0.1) is 0 Å². The van der Waals surface area contributed by atoms with Crippen molar-refractivity contribution in [3.63, 3.8) is 0 Å². The lowest BCUT2D eigenvalue weighted by Gasteiger charge is -2.10. The van der Waals surface area contributed by atoms with Crippen molar-refractivity contribution in [1.82, 2.24) is 25.8 Å². The zero-order valence-electron chi connectivity index (χ0n) is 16.7. The monoisotopic (exact) mass is 446 g/mol. The van der Waals surface area contributed by atoms with Gasteiger partial charge in [0, 0.05) is 42.3 Å². The molecule has 3 rings (SSSR count). The van der Waals surface area contributed by atoms with E-state index in [1.54, 1.807) is 12.3 Å². The average Bonchev–Trinajstić information content (AvgIpc) is 3.22. The van der Waals surface area contributed by atoms with Gasteiger partial charge in [0.15, 0.2) is 11.8 Å². The van der Waals surface area contributed by atoms with Crippen LogP contribution in [0.25, 0.3) is 11.6 Å². The van der Waals surface area contributed by atoms with E-state index < -0.39 is 0 Å². The van der Waals surface area contributed by atoms with Gasteiger partial charge < -0.3 is 15.2 Å². The van der Waals surface area contributed by atoms with Crippen LogP contribution < -0.4 is 10.6 Å². The van der Waals surface area contributed by atoms with Crippen molar-refractivity contribution in [2.45, 2.75) is 26.2 Å². The molecule has 3 aromatic rings. The molecule has 2 heterocycles. The molecule has 30 heavy (non-hydrogen) atoms. The molecule has 2 N–H and O–H groups in total. The average molecular weight is 447 g/mol. The van der Waals surface area contributed by atoms with Gasteiger partial charge in [-0.2, -0.15) is 4.98 Å². The Hall–Kier alpha value is -2.64. The molecule has 0 radical (unpaired) electrons. The summed E-state index contributed by atoms with van der Waals surface area (Å²) in [5, 5.41) is 11.9. The molecule has 0 aliphatic rings. The molecule has 0 fully saturated rings. The van der Waals surface area contributed by atoms with Crippen molar-refractivity contribution in [2.24, 2.45) is 4.99 Å². The Morgan fingerprint density at radius 1 is 1.13 bits per heavy atom. The van der Waals surface area contributed by atoms with E-state index >= 15 is 0 Å². The van der Waals surface area contributed by atoms with Crippen molar-refractivity contribution in [3.05, 3.63) is 64.0 Å². The normalized spacial score (nSPS) is 11.5. The van der Waals surface area contributed by atoms with E-state index in [2.05, 4.69) is 30.8 Å². The van der Waals surface area contributed by atoms with Crippen molar-refractivity contribution in [3.8, 4) is 11.6 Å². The number of hydrogen-bond acceptors (Lipinski definition) is 5. The smallest absolute Gasteiger partial charge is 0.276 e. The summed E-state index contributed by atoms with van der Waals surface area (Å²) in [7, 11) is 0. The van der Waals surface area contributed by atoms with Crippen LogP contribution in [0, 0.1) is 0 Å². The van der Waals surface area contributed by atoms with Crippen LogP contribution in [0.3, 0.4) is 0 Å². The van der Waals surface area contributed by atoms with E-state index in [0.717, 1.165) is 30.9 Å². The molecule has 0 unspecified atom stereocenters. The third-order valence-corrected chi connectivity index (χ3v) is 4.81. The zero-order chi connectivity index (χ0) is 21.2. The van der Waals surface area contributed by atoms with Gasteiger partial charge in [-0.15, -0.1) is 0 Å². The molecule has 0 amide bonds. The van der Waals surface area contributed by atoms with Gasteiger partial charge in [-0.25, -0.2) is 0 Å². The van der Waals surface area contributed by atoms with Gasteiger partial charge in [0.1, 0.15) is 5.69 Å². The van der Waals surface area contributed by atoms with Crippen molar-refractivity contribution < 1.29 is 4.52 Å². The summed E-state index contributed by atoms with van der Waals surface area (Å²) in [6.45, 7) is 4.13. The molecule has 0 spiro atoms. The van der Waals surface area contributed by atoms with E-state index in [0.29, 0.717) is 47.0 Å². The molecule has 0 saturated heterocycles. The maximum Gasteiger partial charge on any atom is 0.276 e. The molecule has 1 aromatic carbocycles. The Morgan fingerprint density at radius 2 is 2.03 bits per heavy atom. The van der Waals surface area contributed by atoms with Gasteiger partial charge in [-0.1, -0.05) is 40.5 Å². The van der Waals surface area contributed by atoms with E-state index in [1.165, 1.54) is 0 Å². The highest BCUT2D eigenvalue weighted by atomic mass is 35.5. The topological polar surface area (TPSA) is 88.2 Å². The highest BCUT2D eigenvalue weighted by molar-refractivity contribution is 6.35. The molecule has 0 atom stereocenters. The van der Waals surface area contributed by atoms with Crippen LogP contribution in [0.4, 0.5) is 0 Å². The van der Waals surface area contributed by atoms with Gasteiger partial charge in [-0.05, 0) is 49.6 Å². The van der Waals surface area contributed by atoms with E-state index in [9.17, 15) is 0 Å². The first-order valence-electron chi connectivity index (χ1n) is 9.86. The molecule has 9 heteroatoms. The fourth-order valence-corrected chi connectivity index (χ4v) is 3.27. The van der Waals surface area contributed by atoms with Crippen molar-refractivity contribution in [2.75, 3.05) is 19.6 Å². The highest BCUT2D eigenvalue weighted by Crippen LogP contribution is 2.22. The number of nitrogens with one attached hydrogen (secondary N) is 2. The second-order valence-electron chi connectivity index (χ2n) is 6.51. The maximum absolute atomic E-state index is 6.22. The molecule has 158 valence electrons. The summed E-state index contributed by atoms with van der Waals surface area (Å²) in [5.41, 5.74) is 1.75. The van der Waals surface area contributed by atoms with Gasteiger partial charge >= 0.3 is 0 Å². The van der Waals surface area contributed by atoms with Crippen LogP contribution in [-0.4, -0.2) is 40.7 Å². The Labute approximate surface area is 185 Å². The number of aryl methyl sites for hydroxylation is 1. The minimum atomic E-state index is 0.423. The number of hydrogen-bond donors (Lipinski definition) is 2. The minimum Gasteiger partial charge on any atom is -0.357 e. The third-order valence-electron chi connectivity index (χ3n) is 4.23. The Kier molecular flexibility index (Phi) is 8.47. The Balaban J connectivity index is 1.45. The van der Waals surface area contributed by atoms with Crippen LogP contribution in [0.2, 0.25) is 10.0 Å². The lowest BCUT2D eigenvalue weighted by atomic mass is 10.1. The Morgan fingerprint density at radius 3 is 2.80 bits per heavy atom. The summed E-state index contributed by atoms with van der Waals surface area (Å²) in [6.07, 6.45) is 4.04. The number of halogens is 2. The fraction of sp³-hybridized carbons (Fsp3) is 0.333. The lowest BCUT2D eigenvalue weighted by molar-refractivity contribution is 0.421.